The third kappa shape index (κ3) is 3.33. The van der Waals surface area contributed by atoms with E-state index in [4.69, 9.17) is 5.84 Å². The Morgan fingerprint density at radius 3 is 2.76 bits per heavy atom. The van der Waals surface area contributed by atoms with Gasteiger partial charge in [-0.3, -0.25) is 4.57 Å². The minimum absolute atomic E-state index is 0.0426. The highest BCUT2D eigenvalue weighted by Crippen LogP contribution is 2.31. The zero-order valence-corrected chi connectivity index (χ0v) is 11.4. The smallest absolute Gasteiger partial charge is 0.308 e. The number of nitrogens with zero attached hydrogens (tertiary/aromatic N) is 4. The lowest BCUT2D eigenvalue weighted by Gasteiger charge is -2.09. The van der Waals surface area contributed by atoms with E-state index in [1.165, 1.54) is 10.6 Å². The van der Waals surface area contributed by atoms with Crippen LogP contribution < -0.4 is 17.0 Å². The molecule has 8 nitrogen and oxygen atoms in total. The molecule has 0 saturated heterocycles. The summed E-state index contributed by atoms with van der Waals surface area (Å²) in [6.45, 7) is 2.02. The van der Waals surface area contributed by atoms with Gasteiger partial charge in [-0.25, -0.2) is 25.7 Å². The number of alkyl halides is 3. The third-order valence-corrected chi connectivity index (χ3v) is 3.25. The van der Waals surface area contributed by atoms with E-state index in [0.29, 0.717) is 6.54 Å². The molecule has 21 heavy (non-hydrogen) atoms. The van der Waals surface area contributed by atoms with Gasteiger partial charge in [0.05, 0.1) is 0 Å². The molecular weight excluding hydrogens is 311 g/mol. The first-order valence-corrected chi connectivity index (χ1v) is 6.42. The summed E-state index contributed by atoms with van der Waals surface area (Å²) in [5.41, 5.74) is 1.58. The van der Waals surface area contributed by atoms with Crippen LogP contribution in [0.15, 0.2) is 21.0 Å². The number of nitrogens with one attached hydrogen (secondary N) is 2. The average molecular weight is 321 g/mol. The van der Waals surface area contributed by atoms with Gasteiger partial charge >= 0.3 is 11.9 Å². The highest BCUT2D eigenvalue weighted by molar-refractivity contribution is 7.99. The number of hydrazine groups is 1. The maximum Gasteiger partial charge on any atom is 0.451 e. The normalized spacial score (nSPS) is 11.7. The fourth-order valence-corrected chi connectivity index (χ4v) is 2.33. The van der Waals surface area contributed by atoms with Crippen molar-refractivity contribution in [2.24, 2.45) is 5.84 Å². The van der Waals surface area contributed by atoms with Crippen molar-refractivity contribution in [3.8, 4) is 0 Å². The van der Waals surface area contributed by atoms with Gasteiger partial charge in [0.15, 0.2) is 5.16 Å². The monoisotopic (exact) mass is 321 g/mol. The van der Waals surface area contributed by atoms with E-state index in [9.17, 15) is 18.0 Å². The highest BCUT2D eigenvalue weighted by atomic mass is 32.2. The van der Waals surface area contributed by atoms with Gasteiger partial charge in [-0.2, -0.15) is 13.2 Å². The largest absolute Gasteiger partial charge is 0.451 e. The second kappa shape index (κ2) is 5.73. The molecule has 0 unspecified atom stereocenters. The minimum Gasteiger partial charge on any atom is -0.308 e. The second-order valence-electron chi connectivity index (χ2n) is 3.71. The molecule has 0 bridgehead atoms. The van der Waals surface area contributed by atoms with Crippen molar-refractivity contribution < 1.29 is 13.2 Å². The number of aromatic amines is 1. The molecule has 0 spiro atoms. The summed E-state index contributed by atoms with van der Waals surface area (Å²) in [5.74, 6) is 3.56. The van der Waals surface area contributed by atoms with Crippen LogP contribution in [0.2, 0.25) is 0 Å². The maximum absolute atomic E-state index is 12.7. The summed E-state index contributed by atoms with van der Waals surface area (Å²) in [7, 11) is 0. The lowest BCUT2D eigenvalue weighted by atomic mass is 10.5. The summed E-state index contributed by atoms with van der Waals surface area (Å²) in [6.07, 6.45) is -4.71. The number of halogens is 3. The number of hydrogen-bond donors (Lipinski definition) is 3. The lowest BCUT2D eigenvalue weighted by molar-refractivity contribution is -0.145. The Morgan fingerprint density at radius 2 is 2.19 bits per heavy atom. The molecule has 0 aromatic carbocycles. The van der Waals surface area contributed by atoms with Crippen molar-refractivity contribution in [1.29, 1.82) is 0 Å². The summed E-state index contributed by atoms with van der Waals surface area (Å²) >= 11 is 0.793. The van der Waals surface area contributed by atoms with Gasteiger partial charge in [0.25, 0.3) is 0 Å². The van der Waals surface area contributed by atoms with Gasteiger partial charge in [-0.15, -0.1) is 5.10 Å². The topological polar surface area (TPSA) is 115 Å². The van der Waals surface area contributed by atoms with E-state index in [1.807, 2.05) is 5.43 Å². The van der Waals surface area contributed by atoms with Crippen LogP contribution in [0, 0.1) is 0 Å². The van der Waals surface area contributed by atoms with Gasteiger partial charge < -0.3 is 5.43 Å². The number of rotatable bonds is 4. The average Bonchev–Trinajstić information content (AvgIpc) is 2.77. The first kappa shape index (κ1) is 15.3. The molecule has 0 aliphatic rings. The van der Waals surface area contributed by atoms with Crippen molar-refractivity contribution in [1.82, 2.24) is 24.7 Å². The molecule has 0 atom stereocenters. The van der Waals surface area contributed by atoms with E-state index in [0.717, 1.165) is 11.8 Å². The van der Waals surface area contributed by atoms with E-state index in [1.54, 1.807) is 6.92 Å². The van der Waals surface area contributed by atoms with Crippen molar-refractivity contribution in [3.05, 3.63) is 22.4 Å². The Labute approximate surface area is 119 Å². The van der Waals surface area contributed by atoms with Crippen molar-refractivity contribution in [2.75, 3.05) is 5.43 Å². The van der Waals surface area contributed by atoms with Crippen LogP contribution >= 0.6 is 11.8 Å². The number of anilines is 1. The van der Waals surface area contributed by atoms with Crippen LogP contribution in [-0.4, -0.2) is 24.7 Å². The lowest BCUT2D eigenvalue weighted by Crippen LogP contribution is -2.17. The molecular formula is C9H10F3N7OS. The predicted octanol–water partition coefficient (Wildman–Crippen LogP) is 0.837. The van der Waals surface area contributed by atoms with Gasteiger partial charge in [0.1, 0.15) is 10.8 Å². The Bertz CT molecular complexity index is 695. The summed E-state index contributed by atoms with van der Waals surface area (Å²) < 4.78 is 39.3. The third-order valence-electron chi connectivity index (χ3n) is 2.34. The zero-order valence-electron chi connectivity index (χ0n) is 10.6. The van der Waals surface area contributed by atoms with Crippen LogP contribution in [0.25, 0.3) is 0 Å². The molecule has 0 radical (unpaired) electrons. The number of nitrogen functional groups attached to an aromatic ring is 1. The Kier molecular flexibility index (Phi) is 4.18. The molecule has 0 fully saturated rings. The van der Waals surface area contributed by atoms with Crippen molar-refractivity contribution in [3.63, 3.8) is 0 Å². The molecule has 0 aliphatic carbocycles. The molecule has 4 N–H and O–H groups in total. The molecule has 2 heterocycles. The molecule has 2 aromatic rings. The van der Waals surface area contributed by atoms with Gasteiger partial charge in [0.2, 0.25) is 5.82 Å². The summed E-state index contributed by atoms with van der Waals surface area (Å²) in [5, 5.41) is 6.09. The summed E-state index contributed by atoms with van der Waals surface area (Å²) in [4.78, 5) is 18.0. The molecule has 0 aliphatic heterocycles. The van der Waals surface area contributed by atoms with E-state index < -0.39 is 17.7 Å². The Balaban J connectivity index is 2.42. The molecule has 114 valence electrons. The van der Waals surface area contributed by atoms with Gasteiger partial charge in [0, 0.05) is 12.6 Å². The molecule has 12 heteroatoms. The fourth-order valence-electron chi connectivity index (χ4n) is 1.43. The Morgan fingerprint density at radius 1 is 1.48 bits per heavy atom. The van der Waals surface area contributed by atoms with Gasteiger partial charge in [-0.05, 0) is 18.7 Å². The second-order valence-corrected chi connectivity index (χ2v) is 4.70. The van der Waals surface area contributed by atoms with E-state index >= 15 is 0 Å². The molecule has 2 rings (SSSR count). The molecule has 0 saturated carbocycles. The fraction of sp³-hybridized carbons (Fsp3) is 0.333. The van der Waals surface area contributed by atoms with Crippen LogP contribution in [0.1, 0.15) is 12.7 Å². The predicted molar refractivity (Wildman–Crippen MR) is 67.5 cm³/mol. The number of aromatic nitrogens is 5. The Hall–Kier alpha value is -2.08. The van der Waals surface area contributed by atoms with Crippen LogP contribution in [0.4, 0.5) is 19.0 Å². The number of hydrogen-bond acceptors (Lipinski definition) is 7. The van der Waals surface area contributed by atoms with Crippen LogP contribution in [0.5, 0.6) is 0 Å². The number of H-pyrrole nitrogens is 1. The summed E-state index contributed by atoms with van der Waals surface area (Å²) in [6, 6.07) is 1.22. The quantitative estimate of drug-likeness (QED) is 0.434. The molecule has 2 aromatic heterocycles. The maximum atomic E-state index is 12.7. The first-order valence-electron chi connectivity index (χ1n) is 5.61. The van der Waals surface area contributed by atoms with Gasteiger partial charge in [-0.1, -0.05) is 0 Å². The van der Waals surface area contributed by atoms with Crippen LogP contribution in [-0.2, 0) is 12.7 Å². The zero-order chi connectivity index (χ0) is 15.6. The first-order chi connectivity index (χ1) is 9.85. The van der Waals surface area contributed by atoms with Crippen molar-refractivity contribution >= 4 is 17.6 Å². The number of nitrogens with two attached hydrogens (primary N) is 1. The standard InChI is InChI=1S/C9H10F3N7OS/c1-2-19-7(20)17-18-8(19)21-5-3-4(16-13)14-6(15-5)9(10,11)12/h3H,2,13H2,1H3,(H,17,20)(H,14,15,16). The highest BCUT2D eigenvalue weighted by Gasteiger charge is 2.35. The molecule has 0 amide bonds. The van der Waals surface area contributed by atoms with Crippen molar-refractivity contribution in [2.45, 2.75) is 29.8 Å². The van der Waals surface area contributed by atoms with Crippen LogP contribution in [0.3, 0.4) is 0 Å². The van der Waals surface area contributed by atoms with E-state index in [-0.39, 0.29) is 16.0 Å². The minimum atomic E-state index is -4.71. The SMILES string of the molecule is CCn1c(Sc2cc(NN)nc(C(F)(F)F)n2)n[nH]c1=O. The van der Waals surface area contributed by atoms with E-state index in [2.05, 4.69) is 20.2 Å².